The Labute approximate surface area is 162 Å². The largest absolute Gasteiger partial charge is 0.339 e. The summed E-state index contributed by atoms with van der Waals surface area (Å²) in [6.07, 6.45) is 1.81. The number of benzene rings is 1. The molecule has 26 heavy (non-hydrogen) atoms. The molecule has 0 bridgehead atoms. The van der Waals surface area contributed by atoms with Gasteiger partial charge in [-0.1, -0.05) is 55.6 Å². The zero-order chi connectivity index (χ0) is 18.5. The topological polar surface area (TPSA) is 54.9 Å². The first-order valence-electron chi connectivity index (χ1n) is 8.89. The van der Waals surface area contributed by atoms with E-state index in [0.29, 0.717) is 17.2 Å². The van der Waals surface area contributed by atoms with Crippen molar-refractivity contribution in [2.24, 2.45) is 0 Å². The summed E-state index contributed by atoms with van der Waals surface area (Å²) in [6.45, 7) is 6.41. The predicted molar refractivity (Wildman–Crippen MR) is 108 cm³/mol. The van der Waals surface area contributed by atoms with E-state index in [9.17, 15) is 4.79 Å². The number of amides is 1. The van der Waals surface area contributed by atoms with Gasteiger partial charge in [0.15, 0.2) is 0 Å². The number of carbonyl (C=O) groups is 1. The van der Waals surface area contributed by atoms with E-state index in [0.717, 1.165) is 34.1 Å². The molecule has 3 aromatic rings. The van der Waals surface area contributed by atoms with E-state index in [-0.39, 0.29) is 11.9 Å². The molecule has 0 radical (unpaired) electrons. The number of aromatic nitrogens is 2. The van der Waals surface area contributed by atoms with Gasteiger partial charge in [-0.15, -0.1) is 16.4 Å². The highest BCUT2D eigenvalue weighted by Gasteiger charge is 2.22. The molecule has 2 unspecified atom stereocenters. The van der Waals surface area contributed by atoms with Crippen LogP contribution in [-0.4, -0.2) is 15.5 Å². The number of carbonyl (C=O) groups excluding carboxylic acids is 1. The molecule has 2 atom stereocenters. The van der Waals surface area contributed by atoms with E-state index >= 15 is 0 Å². The maximum absolute atomic E-state index is 12.8. The van der Waals surface area contributed by atoms with E-state index in [4.69, 9.17) is 0 Å². The normalized spacial score (nSPS) is 13.3. The van der Waals surface area contributed by atoms with Gasteiger partial charge in [0, 0.05) is 4.88 Å². The summed E-state index contributed by atoms with van der Waals surface area (Å²) < 4.78 is 3.93. The number of aryl methyl sites for hydroxylation is 1. The Hall–Kier alpha value is -2.05. The first-order chi connectivity index (χ1) is 12.6. The first kappa shape index (κ1) is 18.7. The van der Waals surface area contributed by atoms with Crippen LogP contribution in [0.2, 0.25) is 0 Å². The van der Waals surface area contributed by atoms with Crippen LogP contribution in [0.3, 0.4) is 0 Å². The monoisotopic (exact) mass is 385 g/mol. The minimum atomic E-state index is -0.166. The Bertz CT molecular complexity index is 840. The molecule has 0 saturated heterocycles. The Balaban J connectivity index is 1.88. The van der Waals surface area contributed by atoms with Gasteiger partial charge in [0.05, 0.1) is 11.7 Å². The van der Waals surface area contributed by atoms with E-state index in [1.165, 1.54) is 5.56 Å². The van der Waals surface area contributed by atoms with Crippen molar-refractivity contribution in [2.75, 3.05) is 0 Å². The number of thiophene rings is 1. The second kappa shape index (κ2) is 8.56. The third-order valence-corrected chi connectivity index (χ3v) is 6.36. The van der Waals surface area contributed by atoms with Gasteiger partial charge in [0.1, 0.15) is 4.88 Å². The third kappa shape index (κ3) is 4.02. The predicted octanol–water partition coefficient (Wildman–Crippen LogP) is 5.19. The Morgan fingerprint density at radius 1 is 1.15 bits per heavy atom. The number of rotatable bonds is 7. The minimum absolute atomic E-state index is 0.110. The zero-order valence-corrected chi connectivity index (χ0v) is 16.9. The number of nitrogens with one attached hydrogen (secondary N) is 1. The molecule has 4 nitrogen and oxygen atoms in total. The van der Waals surface area contributed by atoms with Crippen molar-refractivity contribution in [1.29, 1.82) is 0 Å². The molecule has 1 N–H and O–H groups in total. The van der Waals surface area contributed by atoms with Crippen molar-refractivity contribution in [3.8, 4) is 0 Å². The lowest BCUT2D eigenvalue weighted by molar-refractivity contribution is 0.0946. The molecule has 3 rings (SSSR count). The Kier molecular flexibility index (Phi) is 6.16. The molecule has 0 fully saturated rings. The van der Waals surface area contributed by atoms with E-state index in [1.54, 1.807) is 11.3 Å². The van der Waals surface area contributed by atoms with Crippen LogP contribution in [0.15, 0.2) is 41.8 Å². The Morgan fingerprint density at radius 2 is 1.88 bits per heavy atom. The van der Waals surface area contributed by atoms with Gasteiger partial charge in [0.25, 0.3) is 5.91 Å². The van der Waals surface area contributed by atoms with E-state index in [1.807, 2.05) is 18.4 Å². The molecule has 0 aliphatic carbocycles. The minimum Gasteiger partial charge on any atom is -0.339 e. The van der Waals surface area contributed by atoms with Gasteiger partial charge in [-0.05, 0) is 52.9 Å². The van der Waals surface area contributed by atoms with Crippen LogP contribution in [0.5, 0.6) is 0 Å². The molecular formula is C20H23N3OS2. The number of hydrogen-bond donors (Lipinski definition) is 1. The maximum Gasteiger partial charge on any atom is 0.265 e. The second-order valence-electron chi connectivity index (χ2n) is 6.30. The van der Waals surface area contributed by atoms with Gasteiger partial charge in [-0.2, -0.15) is 0 Å². The summed E-state index contributed by atoms with van der Waals surface area (Å²) in [5.41, 5.74) is 3.17. The van der Waals surface area contributed by atoms with Gasteiger partial charge in [-0.25, -0.2) is 0 Å². The van der Waals surface area contributed by atoms with E-state index < -0.39 is 0 Å². The summed E-state index contributed by atoms with van der Waals surface area (Å²) in [7, 11) is 0. The molecule has 2 aromatic heterocycles. The highest BCUT2D eigenvalue weighted by molar-refractivity contribution is 7.10. The fourth-order valence-corrected chi connectivity index (χ4v) is 4.29. The summed E-state index contributed by atoms with van der Waals surface area (Å²) in [5, 5.41) is 9.26. The molecule has 0 aliphatic rings. The van der Waals surface area contributed by atoms with Crippen LogP contribution >= 0.6 is 22.9 Å². The lowest BCUT2D eigenvalue weighted by atomic mass is 9.95. The molecule has 0 saturated carbocycles. The van der Waals surface area contributed by atoms with Gasteiger partial charge in [-0.3, -0.25) is 4.79 Å². The van der Waals surface area contributed by atoms with Crippen molar-refractivity contribution in [3.05, 3.63) is 68.4 Å². The summed E-state index contributed by atoms with van der Waals surface area (Å²) in [5.74, 6) is 0.426. The van der Waals surface area contributed by atoms with Crippen molar-refractivity contribution >= 4 is 28.8 Å². The summed E-state index contributed by atoms with van der Waals surface area (Å²) >= 11 is 2.80. The van der Waals surface area contributed by atoms with Crippen LogP contribution in [0.1, 0.15) is 70.5 Å². The first-order valence-corrected chi connectivity index (χ1v) is 10.5. The zero-order valence-electron chi connectivity index (χ0n) is 15.2. The lowest BCUT2D eigenvalue weighted by Crippen LogP contribution is -2.29. The highest BCUT2D eigenvalue weighted by Crippen LogP contribution is 2.29. The third-order valence-electron chi connectivity index (χ3n) is 4.65. The standard InChI is InChI=1S/C20H23N3OS2/c1-4-13(3)14-8-10-15(11-9-14)18(17-7-6-12-25-17)21-20(24)19-16(5-2)22-23-26-19/h6-13,18H,4-5H2,1-3H3,(H,21,24). The average Bonchev–Trinajstić information content (AvgIpc) is 3.37. The maximum atomic E-state index is 12.8. The van der Waals surface area contributed by atoms with Crippen LogP contribution < -0.4 is 5.32 Å². The SMILES string of the molecule is CCc1nnsc1C(=O)NC(c1ccc(C(C)CC)cc1)c1cccs1. The summed E-state index contributed by atoms with van der Waals surface area (Å²) in [4.78, 5) is 14.5. The van der Waals surface area contributed by atoms with Crippen molar-refractivity contribution < 1.29 is 4.79 Å². The molecule has 0 spiro atoms. The Morgan fingerprint density at radius 3 is 2.50 bits per heavy atom. The molecule has 136 valence electrons. The number of nitrogens with zero attached hydrogens (tertiary/aromatic N) is 2. The lowest BCUT2D eigenvalue weighted by Gasteiger charge is -2.19. The second-order valence-corrected chi connectivity index (χ2v) is 8.03. The van der Waals surface area contributed by atoms with Crippen LogP contribution in [-0.2, 0) is 6.42 Å². The fourth-order valence-electron chi connectivity index (χ4n) is 2.84. The molecule has 6 heteroatoms. The molecule has 1 aromatic carbocycles. The van der Waals surface area contributed by atoms with Crippen molar-refractivity contribution in [3.63, 3.8) is 0 Å². The fraction of sp³-hybridized carbons (Fsp3) is 0.350. The smallest absolute Gasteiger partial charge is 0.265 e. The molecular weight excluding hydrogens is 362 g/mol. The summed E-state index contributed by atoms with van der Waals surface area (Å²) in [6, 6.07) is 12.5. The number of hydrogen-bond acceptors (Lipinski definition) is 5. The van der Waals surface area contributed by atoms with E-state index in [2.05, 4.69) is 59.1 Å². The molecule has 1 amide bonds. The average molecular weight is 386 g/mol. The van der Waals surface area contributed by atoms with Crippen LogP contribution in [0.25, 0.3) is 0 Å². The molecule has 0 aliphatic heterocycles. The van der Waals surface area contributed by atoms with Crippen molar-refractivity contribution in [2.45, 2.75) is 45.6 Å². The van der Waals surface area contributed by atoms with Gasteiger partial charge in [0.2, 0.25) is 0 Å². The van der Waals surface area contributed by atoms with Gasteiger partial charge < -0.3 is 5.32 Å². The molecule has 2 heterocycles. The quantitative estimate of drug-likeness (QED) is 0.608. The van der Waals surface area contributed by atoms with Gasteiger partial charge >= 0.3 is 0 Å². The van der Waals surface area contributed by atoms with Crippen LogP contribution in [0.4, 0.5) is 0 Å². The van der Waals surface area contributed by atoms with Crippen LogP contribution in [0, 0.1) is 0 Å². The highest BCUT2D eigenvalue weighted by atomic mass is 32.1. The van der Waals surface area contributed by atoms with Crippen molar-refractivity contribution in [1.82, 2.24) is 14.9 Å².